The first-order chi connectivity index (χ1) is 27.9. The maximum Gasteiger partial charge on any atom is 0.404 e. The van der Waals surface area contributed by atoms with Gasteiger partial charge in [0, 0.05) is 53.1 Å². The number of fused-ring (bicyclic) bond motifs is 2. The minimum absolute atomic E-state index is 0. The van der Waals surface area contributed by atoms with Crippen molar-refractivity contribution < 1.29 is 69.5 Å². The molecule has 0 amide bonds. The number of alkyl halides is 9. The first-order valence-corrected chi connectivity index (χ1v) is 20.8. The van der Waals surface area contributed by atoms with Crippen molar-refractivity contribution in [1.82, 2.24) is 4.98 Å². The third kappa shape index (κ3) is 11.9. The summed E-state index contributed by atoms with van der Waals surface area (Å²) in [5.41, 5.74) is 1.62. The number of ketones is 1. The smallest absolute Gasteiger partial charge is 0.404 e. The van der Waals surface area contributed by atoms with Crippen molar-refractivity contribution >= 4 is 38.0 Å². The number of carbonyl (C=O) groups is 1. The van der Waals surface area contributed by atoms with E-state index in [1.54, 1.807) is 27.7 Å². The maximum atomic E-state index is 14.2. The number of halogens is 9. The first kappa shape index (κ1) is 53.6. The quantitative estimate of drug-likeness (QED) is 0.0798. The molecule has 14 heteroatoms. The van der Waals surface area contributed by atoms with Crippen LogP contribution in [0.5, 0.6) is 0 Å². The molecule has 1 N–H and O–H groups in total. The Morgan fingerprint density at radius 1 is 0.810 bits per heavy atom. The molecule has 3 aromatic carbocycles. The number of carbonyl (C=O) groups excluding carboxylic acids is 1. The Morgan fingerprint density at radius 3 is 1.79 bits per heavy atom. The summed E-state index contributed by atoms with van der Waals surface area (Å²) in [5.74, 6) is -5.17. The molecule has 347 valence electrons. The van der Waals surface area contributed by atoms with Gasteiger partial charge in [-0.3, -0.25) is 9.78 Å². The van der Waals surface area contributed by atoms with Gasteiger partial charge in [-0.05, 0) is 90.6 Å². The number of rotatable bonds is 6. The zero-order chi connectivity index (χ0) is 47.5. The van der Waals surface area contributed by atoms with E-state index in [-0.39, 0.29) is 46.8 Å². The Labute approximate surface area is 381 Å². The molecule has 1 radical (unpaired) electrons. The molecule has 0 bridgehead atoms. The van der Waals surface area contributed by atoms with Gasteiger partial charge < -0.3 is 5.11 Å². The van der Waals surface area contributed by atoms with Crippen LogP contribution in [0, 0.1) is 43.1 Å². The molecule has 0 saturated carbocycles. The molecule has 0 aliphatic carbocycles. The van der Waals surface area contributed by atoms with Gasteiger partial charge in [0.1, 0.15) is 11.2 Å². The maximum absolute atomic E-state index is 14.2. The number of allylic oxidation sites excluding steroid dienone is 2. The number of aliphatic hydroxyl groups is 1. The largest absolute Gasteiger partial charge is 0.512 e. The van der Waals surface area contributed by atoms with Crippen molar-refractivity contribution in [2.45, 2.75) is 133 Å². The fourth-order valence-corrected chi connectivity index (χ4v) is 8.75. The van der Waals surface area contributed by atoms with Gasteiger partial charge in [-0.15, -0.1) is 40.5 Å². The normalized spacial score (nSPS) is 13.6. The topological polar surface area (TPSA) is 50.2 Å². The van der Waals surface area contributed by atoms with Crippen molar-refractivity contribution in [3.05, 3.63) is 99.9 Å². The standard InChI is InChI=1S/C38H38F6NS.C11H17F3O2.Ir/c1-20-14-23(18-35(4,5)6)15-21(2)29(20)32-22(3)30-27(34(37(39,40)41)38(42,43)44)19-45-31(33(30)46-32)25-16-24-12-10-11-13-26(24)28(17-25)36(7,8)9;1-9(2,3)7(15)6-8(16)10(4,5)11(12,13)14;/h10-15,17,19,34H,18H2,1-9H3;6,15H,1-5H3;/q-1;;/b;7-6-;. The summed E-state index contributed by atoms with van der Waals surface area (Å²) in [6.07, 6.45) is -13.5. The number of pyridine rings is 1. The Kier molecular flexibility index (Phi) is 15.5. The predicted octanol–water partition coefficient (Wildman–Crippen LogP) is 16.2. The number of thiophene rings is 1. The summed E-state index contributed by atoms with van der Waals surface area (Å²) < 4.78 is 123. The molecule has 0 fully saturated rings. The van der Waals surface area contributed by atoms with E-state index in [0.717, 1.165) is 65.1 Å². The van der Waals surface area contributed by atoms with Gasteiger partial charge in [-0.25, -0.2) is 0 Å². The summed E-state index contributed by atoms with van der Waals surface area (Å²) in [7, 11) is 0. The van der Waals surface area contributed by atoms with Gasteiger partial charge in [0.2, 0.25) is 0 Å². The second-order valence-corrected chi connectivity index (χ2v) is 20.9. The summed E-state index contributed by atoms with van der Waals surface area (Å²) in [6, 6.07) is 17.1. The van der Waals surface area contributed by atoms with E-state index in [4.69, 9.17) is 0 Å². The van der Waals surface area contributed by atoms with Crippen LogP contribution in [0.15, 0.2) is 60.5 Å². The molecule has 0 unspecified atom stereocenters. The molecule has 63 heavy (non-hydrogen) atoms. The monoisotopic (exact) mass is 1090 g/mol. The zero-order valence-electron chi connectivity index (χ0n) is 37.9. The molecule has 0 aliphatic heterocycles. The third-order valence-electron chi connectivity index (χ3n) is 10.7. The molecule has 5 rings (SSSR count). The van der Waals surface area contributed by atoms with Crippen molar-refractivity contribution in [2.75, 3.05) is 0 Å². The van der Waals surface area contributed by atoms with E-state index in [9.17, 15) is 49.4 Å². The SMILES string of the molecule is CC(C)(C)/C(O)=C/C(=O)C(C)(C)C(F)(F)F.Cc1cc(CC(C)(C)C)cc(C)c1-c1sc2c(-c3[c-]c4ccccc4c(C(C)(C)C)c3)ncc(C(C(F)(F)F)C(F)(F)F)c2c1C.[Ir]. The summed E-state index contributed by atoms with van der Waals surface area (Å²) >= 11 is 1.20. The van der Waals surface area contributed by atoms with Gasteiger partial charge in [0.05, 0.1) is 0 Å². The van der Waals surface area contributed by atoms with Crippen LogP contribution in [0.1, 0.15) is 115 Å². The molecule has 5 aromatic rings. The van der Waals surface area contributed by atoms with Crippen LogP contribution >= 0.6 is 11.3 Å². The van der Waals surface area contributed by atoms with E-state index in [2.05, 4.69) is 64.7 Å². The van der Waals surface area contributed by atoms with Crippen molar-refractivity contribution in [3.63, 3.8) is 0 Å². The Balaban J connectivity index is 0.000000530. The van der Waals surface area contributed by atoms with Gasteiger partial charge in [0.25, 0.3) is 0 Å². The van der Waals surface area contributed by atoms with E-state index in [1.165, 1.54) is 11.3 Å². The van der Waals surface area contributed by atoms with Crippen LogP contribution in [-0.2, 0) is 36.7 Å². The van der Waals surface area contributed by atoms with Crippen LogP contribution in [0.4, 0.5) is 39.5 Å². The number of hydrogen-bond donors (Lipinski definition) is 1. The van der Waals surface area contributed by atoms with Crippen molar-refractivity contribution in [3.8, 4) is 21.7 Å². The number of nitrogens with zero attached hydrogens (tertiary/aromatic N) is 1. The van der Waals surface area contributed by atoms with Crippen LogP contribution in [-0.4, -0.2) is 34.4 Å². The number of hydrogen-bond acceptors (Lipinski definition) is 4. The summed E-state index contributed by atoms with van der Waals surface area (Å²) in [4.78, 5) is 16.4. The molecule has 2 aromatic heterocycles. The van der Waals surface area contributed by atoms with Crippen molar-refractivity contribution in [1.29, 1.82) is 0 Å². The Bertz CT molecular complexity index is 2470. The Hall–Kier alpha value is -3.74. The molecule has 0 spiro atoms. The average Bonchev–Trinajstić information content (AvgIpc) is 3.41. The molecular weight excluding hydrogens is 1030 g/mol. The van der Waals surface area contributed by atoms with E-state index in [0.29, 0.717) is 27.8 Å². The van der Waals surface area contributed by atoms with Crippen LogP contribution < -0.4 is 0 Å². The second-order valence-electron chi connectivity index (χ2n) is 19.8. The predicted molar refractivity (Wildman–Crippen MR) is 233 cm³/mol. The number of aromatic nitrogens is 1. The molecule has 3 nitrogen and oxygen atoms in total. The minimum atomic E-state index is -5.56. The van der Waals surface area contributed by atoms with Crippen molar-refractivity contribution in [2.24, 2.45) is 16.2 Å². The average molecular weight is 1090 g/mol. The molecule has 2 heterocycles. The summed E-state index contributed by atoms with van der Waals surface area (Å²) in [6.45, 7) is 24.5. The fourth-order valence-electron chi connectivity index (χ4n) is 7.24. The van der Waals surface area contributed by atoms with Crippen LogP contribution in [0.3, 0.4) is 0 Å². The van der Waals surface area contributed by atoms with E-state index >= 15 is 0 Å². The van der Waals surface area contributed by atoms with Gasteiger partial charge in [0.15, 0.2) is 11.7 Å². The fraction of sp³-hybridized carbons (Fsp3) is 0.469. The van der Waals surface area contributed by atoms with Gasteiger partial charge in [-0.2, -0.15) is 39.5 Å². The van der Waals surface area contributed by atoms with Crippen LogP contribution in [0.2, 0.25) is 0 Å². The zero-order valence-corrected chi connectivity index (χ0v) is 41.1. The van der Waals surface area contributed by atoms with E-state index < -0.39 is 46.6 Å². The third-order valence-corrected chi connectivity index (χ3v) is 12.0. The second kappa shape index (κ2) is 18.3. The van der Waals surface area contributed by atoms with Gasteiger partial charge in [-0.1, -0.05) is 104 Å². The molecule has 0 saturated heterocycles. The Morgan fingerprint density at radius 2 is 1.33 bits per heavy atom. The number of aliphatic hydroxyl groups excluding tert-OH is 1. The van der Waals surface area contributed by atoms with Crippen LogP contribution in [0.25, 0.3) is 42.6 Å². The number of aryl methyl sites for hydroxylation is 3. The molecular formula is C49H55F9IrNO2S-. The number of benzene rings is 3. The van der Waals surface area contributed by atoms with Gasteiger partial charge >= 0.3 is 18.5 Å². The van der Waals surface area contributed by atoms with E-state index in [1.807, 2.05) is 44.2 Å². The summed E-state index contributed by atoms with van der Waals surface area (Å²) in [5, 5.41) is 11.2. The minimum Gasteiger partial charge on any atom is -0.512 e. The first-order valence-electron chi connectivity index (χ1n) is 20.0. The molecule has 0 aliphatic rings. The molecule has 0 atom stereocenters.